The number of nitrogens with two attached hydrogens (primary N) is 1. The van der Waals surface area contributed by atoms with Crippen LogP contribution in [0.1, 0.15) is 26.2 Å². The molecule has 88 valence electrons. The molecule has 0 aliphatic carbocycles. The Bertz CT molecular complexity index is 190. The SMILES string of the molecule is CCN(CCC(=N)N)CC1CCOCC1. The zero-order chi connectivity index (χ0) is 11.1. The molecule has 3 N–H and O–H groups in total. The lowest BCUT2D eigenvalue weighted by Gasteiger charge is -2.28. The smallest absolute Gasteiger partial charge is 0.0918 e. The van der Waals surface area contributed by atoms with Gasteiger partial charge >= 0.3 is 0 Å². The third-order valence-corrected chi connectivity index (χ3v) is 3.00. The van der Waals surface area contributed by atoms with Crippen molar-refractivity contribution in [1.82, 2.24) is 4.90 Å². The number of hydrogen-bond acceptors (Lipinski definition) is 3. The zero-order valence-electron chi connectivity index (χ0n) is 9.67. The Labute approximate surface area is 92.3 Å². The summed E-state index contributed by atoms with van der Waals surface area (Å²) in [6.45, 7) is 7.09. The molecule has 4 heteroatoms. The highest BCUT2D eigenvalue weighted by atomic mass is 16.5. The van der Waals surface area contributed by atoms with E-state index in [9.17, 15) is 0 Å². The molecule has 0 aromatic carbocycles. The highest BCUT2D eigenvalue weighted by Gasteiger charge is 2.16. The molecule has 1 fully saturated rings. The van der Waals surface area contributed by atoms with Gasteiger partial charge in [-0.05, 0) is 25.3 Å². The van der Waals surface area contributed by atoms with E-state index < -0.39 is 0 Å². The van der Waals surface area contributed by atoms with Gasteiger partial charge in [0, 0.05) is 32.7 Å². The quantitative estimate of drug-likeness (QED) is 0.512. The largest absolute Gasteiger partial charge is 0.388 e. The first-order chi connectivity index (χ1) is 7.22. The van der Waals surface area contributed by atoms with Gasteiger partial charge in [-0.15, -0.1) is 0 Å². The van der Waals surface area contributed by atoms with Gasteiger partial charge in [0.2, 0.25) is 0 Å². The van der Waals surface area contributed by atoms with Crippen LogP contribution in [0.2, 0.25) is 0 Å². The van der Waals surface area contributed by atoms with E-state index in [0.717, 1.165) is 38.8 Å². The molecule has 0 aromatic rings. The Morgan fingerprint density at radius 3 is 2.67 bits per heavy atom. The first-order valence-electron chi connectivity index (χ1n) is 5.85. The molecule has 1 saturated heterocycles. The second-order valence-corrected chi connectivity index (χ2v) is 4.22. The highest BCUT2D eigenvalue weighted by molar-refractivity contribution is 5.76. The molecule has 1 aliphatic rings. The van der Waals surface area contributed by atoms with Crippen molar-refractivity contribution >= 4 is 5.84 Å². The average Bonchev–Trinajstić information content (AvgIpc) is 2.25. The molecule has 0 aromatic heterocycles. The number of ether oxygens (including phenoxy) is 1. The minimum absolute atomic E-state index is 0.292. The minimum atomic E-state index is 0.292. The van der Waals surface area contributed by atoms with Crippen molar-refractivity contribution in [2.75, 3.05) is 32.8 Å². The molecular formula is C11H23N3O. The molecule has 1 rings (SSSR count). The van der Waals surface area contributed by atoms with Crippen LogP contribution >= 0.6 is 0 Å². The van der Waals surface area contributed by atoms with E-state index in [-0.39, 0.29) is 0 Å². The van der Waals surface area contributed by atoms with Crippen molar-refractivity contribution in [1.29, 1.82) is 5.41 Å². The molecule has 0 atom stereocenters. The van der Waals surface area contributed by atoms with Crippen LogP contribution in [-0.2, 0) is 4.74 Å². The summed E-state index contributed by atoms with van der Waals surface area (Å²) >= 11 is 0. The van der Waals surface area contributed by atoms with Crippen molar-refractivity contribution < 1.29 is 4.74 Å². The highest BCUT2D eigenvalue weighted by Crippen LogP contribution is 2.15. The van der Waals surface area contributed by atoms with E-state index in [2.05, 4.69) is 11.8 Å². The normalized spacial score (nSPS) is 18.3. The van der Waals surface area contributed by atoms with Crippen molar-refractivity contribution in [2.45, 2.75) is 26.2 Å². The second kappa shape index (κ2) is 6.80. The van der Waals surface area contributed by atoms with Gasteiger partial charge in [-0.1, -0.05) is 6.92 Å². The maximum Gasteiger partial charge on any atom is 0.0918 e. The molecule has 0 amide bonds. The van der Waals surface area contributed by atoms with Crippen molar-refractivity contribution in [2.24, 2.45) is 11.7 Å². The molecule has 0 spiro atoms. The van der Waals surface area contributed by atoms with Gasteiger partial charge in [0.05, 0.1) is 5.84 Å². The molecule has 0 saturated carbocycles. The van der Waals surface area contributed by atoms with Crippen molar-refractivity contribution in [3.8, 4) is 0 Å². The maximum atomic E-state index is 7.21. The Morgan fingerprint density at radius 1 is 1.47 bits per heavy atom. The van der Waals surface area contributed by atoms with Crippen LogP contribution in [0.5, 0.6) is 0 Å². The lowest BCUT2D eigenvalue weighted by molar-refractivity contribution is 0.0535. The minimum Gasteiger partial charge on any atom is -0.388 e. The summed E-state index contributed by atoms with van der Waals surface area (Å²) in [5.74, 6) is 1.06. The molecule has 1 aliphatic heterocycles. The van der Waals surface area contributed by atoms with Crippen LogP contribution in [0.4, 0.5) is 0 Å². The first-order valence-corrected chi connectivity index (χ1v) is 5.85. The summed E-state index contributed by atoms with van der Waals surface area (Å²) in [7, 11) is 0. The van der Waals surface area contributed by atoms with Gasteiger partial charge < -0.3 is 15.4 Å². The molecular weight excluding hydrogens is 190 g/mol. The monoisotopic (exact) mass is 213 g/mol. The van der Waals surface area contributed by atoms with E-state index >= 15 is 0 Å². The van der Waals surface area contributed by atoms with Crippen molar-refractivity contribution in [3.05, 3.63) is 0 Å². The van der Waals surface area contributed by atoms with Crippen molar-refractivity contribution in [3.63, 3.8) is 0 Å². The Balaban J connectivity index is 2.22. The topological polar surface area (TPSA) is 62.3 Å². The number of rotatable bonds is 6. The van der Waals surface area contributed by atoms with E-state index in [4.69, 9.17) is 15.9 Å². The Hall–Kier alpha value is -0.610. The van der Waals surface area contributed by atoms with Gasteiger partial charge in [-0.3, -0.25) is 5.41 Å². The summed E-state index contributed by atoms with van der Waals surface area (Å²) in [5.41, 5.74) is 5.37. The summed E-state index contributed by atoms with van der Waals surface area (Å²) in [6, 6.07) is 0. The molecule has 0 radical (unpaired) electrons. The van der Waals surface area contributed by atoms with E-state index in [1.54, 1.807) is 0 Å². The van der Waals surface area contributed by atoms with Crippen LogP contribution in [0.15, 0.2) is 0 Å². The third-order valence-electron chi connectivity index (χ3n) is 3.00. The summed E-state index contributed by atoms with van der Waals surface area (Å²) < 4.78 is 5.34. The van der Waals surface area contributed by atoms with Gasteiger partial charge in [0.1, 0.15) is 0 Å². The molecule has 0 unspecified atom stereocenters. The number of amidine groups is 1. The summed E-state index contributed by atoms with van der Waals surface area (Å²) in [6.07, 6.45) is 3.05. The fourth-order valence-electron chi connectivity index (χ4n) is 1.95. The average molecular weight is 213 g/mol. The van der Waals surface area contributed by atoms with Gasteiger partial charge in [0.15, 0.2) is 0 Å². The summed E-state index contributed by atoms with van der Waals surface area (Å²) in [5, 5.41) is 7.21. The van der Waals surface area contributed by atoms with E-state index in [1.807, 2.05) is 0 Å². The second-order valence-electron chi connectivity index (χ2n) is 4.22. The predicted octanol–water partition coefficient (Wildman–Crippen LogP) is 1.06. The van der Waals surface area contributed by atoms with Crippen LogP contribution in [-0.4, -0.2) is 43.6 Å². The first kappa shape index (κ1) is 12.5. The van der Waals surface area contributed by atoms with Crippen LogP contribution < -0.4 is 5.73 Å². The molecule has 15 heavy (non-hydrogen) atoms. The van der Waals surface area contributed by atoms with E-state index in [1.165, 1.54) is 12.8 Å². The van der Waals surface area contributed by atoms with Gasteiger partial charge in [-0.2, -0.15) is 0 Å². The lowest BCUT2D eigenvalue weighted by Crippen LogP contribution is -2.34. The number of nitrogens with one attached hydrogen (secondary N) is 1. The molecule has 4 nitrogen and oxygen atoms in total. The fourth-order valence-corrected chi connectivity index (χ4v) is 1.95. The van der Waals surface area contributed by atoms with E-state index in [0.29, 0.717) is 12.3 Å². The zero-order valence-corrected chi connectivity index (χ0v) is 9.67. The summed E-state index contributed by atoms with van der Waals surface area (Å²) in [4.78, 5) is 2.39. The fraction of sp³-hybridized carbons (Fsp3) is 0.909. The standard InChI is InChI=1S/C11H23N3O/c1-2-14(6-3-11(12)13)9-10-4-7-15-8-5-10/h10H,2-9H2,1H3,(H3,12,13). The van der Waals surface area contributed by atoms with Crippen LogP contribution in [0.25, 0.3) is 0 Å². The third kappa shape index (κ3) is 5.14. The maximum absolute atomic E-state index is 7.21. The number of nitrogens with zero attached hydrogens (tertiary/aromatic N) is 1. The van der Waals surface area contributed by atoms with Crippen LogP contribution in [0, 0.1) is 11.3 Å². The number of hydrogen-bond donors (Lipinski definition) is 2. The Morgan fingerprint density at radius 2 is 2.13 bits per heavy atom. The lowest BCUT2D eigenvalue weighted by atomic mass is 9.99. The molecule has 1 heterocycles. The predicted molar refractivity (Wildman–Crippen MR) is 62.2 cm³/mol. The van der Waals surface area contributed by atoms with Gasteiger partial charge in [0.25, 0.3) is 0 Å². The Kier molecular flexibility index (Phi) is 5.65. The molecule has 0 bridgehead atoms. The van der Waals surface area contributed by atoms with Crippen LogP contribution in [0.3, 0.4) is 0 Å². The van der Waals surface area contributed by atoms with Gasteiger partial charge in [-0.25, -0.2) is 0 Å².